The van der Waals surface area contributed by atoms with Crippen LogP contribution in [0.1, 0.15) is 16.7 Å². The third kappa shape index (κ3) is 2.99. The van der Waals surface area contributed by atoms with Gasteiger partial charge in [0.25, 0.3) is 0 Å². The lowest BCUT2D eigenvalue weighted by molar-refractivity contribution is 0.472. The molecule has 0 saturated heterocycles. The molecule has 0 aliphatic heterocycles. The summed E-state index contributed by atoms with van der Waals surface area (Å²) >= 11 is 3.29. The number of hydrogen-bond acceptors (Lipinski definition) is 2. The normalized spacial score (nSPS) is 11.1. The Morgan fingerprint density at radius 1 is 1.11 bits per heavy atom. The fraction of sp³-hybridized carbons (Fsp3) is 0.133. The summed E-state index contributed by atoms with van der Waals surface area (Å²) in [7, 11) is 0. The lowest BCUT2D eigenvalue weighted by Crippen LogP contribution is -1.82. The van der Waals surface area contributed by atoms with Crippen LogP contribution in [0.3, 0.4) is 0 Å². The van der Waals surface area contributed by atoms with Gasteiger partial charge in [0.1, 0.15) is 5.75 Å². The van der Waals surface area contributed by atoms with E-state index in [0.29, 0.717) is 4.47 Å². The summed E-state index contributed by atoms with van der Waals surface area (Å²) in [6, 6.07) is 11.5. The van der Waals surface area contributed by atoms with Crippen LogP contribution in [0.5, 0.6) is 5.75 Å². The minimum Gasteiger partial charge on any atom is -0.507 e. The monoisotopic (exact) mass is 303 g/mol. The van der Waals surface area contributed by atoms with Crippen LogP contribution in [0.4, 0.5) is 5.69 Å². The van der Waals surface area contributed by atoms with Crippen LogP contribution >= 0.6 is 15.9 Å². The molecule has 0 amide bonds. The Morgan fingerprint density at radius 2 is 1.89 bits per heavy atom. The zero-order chi connectivity index (χ0) is 13.1. The zero-order valence-corrected chi connectivity index (χ0v) is 11.9. The van der Waals surface area contributed by atoms with Crippen molar-refractivity contribution < 1.29 is 5.11 Å². The molecule has 2 aromatic carbocycles. The summed E-state index contributed by atoms with van der Waals surface area (Å²) in [4.78, 5) is 4.48. The second-order valence-electron chi connectivity index (χ2n) is 4.26. The van der Waals surface area contributed by atoms with Gasteiger partial charge in [-0.1, -0.05) is 12.1 Å². The first kappa shape index (κ1) is 12.8. The highest BCUT2D eigenvalue weighted by molar-refractivity contribution is 9.10. The number of phenolic OH excluding ortho intramolecular Hbond substituents is 1. The fourth-order valence-corrected chi connectivity index (χ4v) is 2.00. The molecule has 0 aliphatic carbocycles. The Hall–Kier alpha value is -1.61. The van der Waals surface area contributed by atoms with Gasteiger partial charge in [-0.25, -0.2) is 0 Å². The molecule has 0 unspecified atom stereocenters. The molecule has 0 heterocycles. The molecule has 0 atom stereocenters. The van der Waals surface area contributed by atoms with Gasteiger partial charge in [-0.15, -0.1) is 0 Å². The fourth-order valence-electron chi connectivity index (χ4n) is 1.61. The van der Waals surface area contributed by atoms with Crippen LogP contribution in [-0.2, 0) is 0 Å². The maximum absolute atomic E-state index is 9.42. The third-order valence-corrected chi connectivity index (χ3v) is 3.32. The van der Waals surface area contributed by atoms with E-state index in [0.717, 1.165) is 16.8 Å². The zero-order valence-electron chi connectivity index (χ0n) is 10.3. The minimum atomic E-state index is 0.235. The van der Waals surface area contributed by atoms with E-state index >= 15 is 0 Å². The first-order valence-electron chi connectivity index (χ1n) is 5.66. The number of aryl methyl sites for hydroxylation is 2. The average molecular weight is 304 g/mol. The number of benzene rings is 2. The maximum Gasteiger partial charge on any atom is 0.129 e. The Kier molecular flexibility index (Phi) is 3.82. The van der Waals surface area contributed by atoms with E-state index in [1.165, 1.54) is 5.56 Å². The van der Waals surface area contributed by atoms with Crippen molar-refractivity contribution in [2.75, 3.05) is 0 Å². The predicted octanol–water partition coefficient (Wildman–Crippen LogP) is 4.52. The van der Waals surface area contributed by atoms with E-state index in [1.54, 1.807) is 12.3 Å². The van der Waals surface area contributed by atoms with Gasteiger partial charge < -0.3 is 5.11 Å². The standard InChI is InChI=1S/C15H14BrNO/c1-10-3-4-11(2)14(7-10)17-9-12-5-6-15(18)13(16)8-12/h3-9,18H,1-2H3. The number of halogens is 1. The van der Waals surface area contributed by atoms with Crippen molar-refractivity contribution in [3.8, 4) is 5.75 Å². The molecule has 92 valence electrons. The molecule has 2 rings (SSSR count). The molecular formula is C15H14BrNO. The molecule has 18 heavy (non-hydrogen) atoms. The van der Waals surface area contributed by atoms with Crippen LogP contribution in [0.25, 0.3) is 0 Å². The number of hydrogen-bond donors (Lipinski definition) is 1. The lowest BCUT2D eigenvalue weighted by Gasteiger charge is -2.02. The van der Waals surface area contributed by atoms with Crippen molar-refractivity contribution in [3.63, 3.8) is 0 Å². The van der Waals surface area contributed by atoms with Gasteiger partial charge in [-0.3, -0.25) is 4.99 Å². The summed E-state index contributed by atoms with van der Waals surface area (Å²) in [5.41, 5.74) is 4.26. The number of rotatable bonds is 2. The van der Waals surface area contributed by atoms with E-state index < -0.39 is 0 Å². The Balaban J connectivity index is 2.29. The SMILES string of the molecule is Cc1ccc(C)c(N=Cc2ccc(O)c(Br)c2)c1. The second-order valence-corrected chi connectivity index (χ2v) is 5.11. The number of aliphatic imine (C=N–C) groups is 1. The third-order valence-electron chi connectivity index (χ3n) is 2.69. The number of nitrogens with zero attached hydrogens (tertiary/aromatic N) is 1. The highest BCUT2D eigenvalue weighted by Gasteiger charge is 1.99. The van der Waals surface area contributed by atoms with E-state index in [1.807, 2.05) is 19.1 Å². The van der Waals surface area contributed by atoms with Crippen molar-refractivity contribution in [1.82, 2.24) is 0 Å². The van der Waals surface area contributed by atoms with Crippen molar-refractivity contribution in [1.29, 1.82) is 0 Å². The van der Waals surface area contributed by atoms with Crippen molar-refractivity contribution in [2.24, 2.45) is 4.99 Å². The van der Waals surface area contributed by atoms with Crippen molar-refractivity contribution in [2.45, 2.75) is 13.8 Å². The molecule has 1 N–H and O–H groups in total. The largest absolute Gasteiger partial charge is 0.507 e. The van der Waals surface area contributed by atoms with E-state index in [9.17, 15) is 5.11 Å². The second kappa shape index (κ2) is 5.36. The quantitative estimate of drug-likeness (QED) is 0.813. The smallest absolute Gasteiger partial charge is 0.129 e. The van der Waals surface area contributed by atoms with Crippen LogP contribution in [-0.4, -0.2) is 11.3 Å². The van der Waals surface area contributed by atoms with E-state index in [-0.39, 0.29) is 5.75 Å². The Labute approximate surface area is 115 Å². The first-order valence-corrected chi connectivity index (χ1v) is 6.45. The van der Waals surface area contributed by atoms with Gasteiger partial charge in [0.05, 0.1) is 10.2 Å². The molecule has 0 spiro atoms. The van der Waals surface area contributed by atoms with E-state index in [2.05, 4.69) is 46.0 Å². The van der Waals surface area contributed by atoms with Gasteiger partial charge in [0.15, 0.2) is 0 Å². The van der Waals surface area contributed by atoms with Crippen molar-refractivity contribution >= 4 is 27.8 Å². The van der Waals surface area contributed by atoms with Crippen LogP contribution in [0, 0.1) is 13.8 Å². The van der Waals surface area contributed by atoms with Crippen LogP contribution < -0.4 is 0 Å². The number of phenols is 1. The highest BCUT2D eigenvalue weighted by Crippen LogP contribution is 2.24. The predicted molar refractivity (Wildman–Crippen MR) is 79.0 cm³/mol. The minimum absolute atomic E-state index is 0.235. The van der Waals surface area contributed by atoms with Gasteiger partial charge >= 0.3 is 0 Å². The van der Waals surface area contributed by atoms with Gasteiger partial charge in [-0.2, -0.15) is 0 Å². The Bertz CT molecular complexity index is 605. The van der Waals surface area contributed by atoms with Crippen molar-refractivity contribution in [3.05, 3.63) is 57.6 Å². The van der Waals surface area contributed by atoms with Gasteiger partial charge in [0, 0.05) is 6.21 Å². The Morgan fingerprint density at radius 3 is 2.61 bits per heavy atom. The molecule has 2 nitrogen and oxygen atoms in total. The summed E-state index contributed by atoms with van der Waals surface area (Å²) in [5, 5.41) is 9.42. The van der Waals surface area contributed by atoms with Crippen LogP contribution in [0.15, 0.2) is 45.9 Å². The van der Waals surface area contributed by atoms with Gasteiger partial charge in [-0.05, 0) is 70.7 Å². The molecule has 0 aliphatic rings. The molecule has 0 radical (unpaired) electrons. The molecular weight excluding hydrogens is 290 g/mol. The molecule has 0 aromatic heterocycles. The highest BCUT2D eigenvalue weighted by atomic mass is 79.9. The summed E-state index contributed by atoms with van der Waals surface area (Å²) in [6.07, 6.45) is 1.80. The number of aromatic hydroxyl groups is 1. The molecule has 2 aromatic rings. The molecule has 3 heteroatoms. The average Bonchev–Trinajstić information content (AvgIpc) is 2.34. The first-order chi connectivity index (χ1) is 8.56. The lowest BCUT2D eigenvalue weighted by atomic mass is 10.1. The summed E-state index contributed by atoms with van der Waals surface area (Å²) in [6.45, 7) is 4.09. The van der Waals surface area contributed by atoms with Crippen LogP contribution in [0.2, 0.25) is 0 Å². The maximum atomic E-state index is 9.42. The molecule has 0 fully saturated rings. The topological polar surface area (TPSA) is 32.6 Å². The van der Waals surface area contributed by atoms with Gasteiger partial charge in [0.2, 0.25) is 0 Å². The van der Waals surface area contributed by atoms with E-state index in [4.69, 9.17) is 0 Å². The summed E-state index contributed by atoms with van der Waals surface area (Å²) < 4.78 is 0.674. The summed E-state index contributed by atoms with van der Waals surface area (Å²) in [5.74, 6) is 0.235. The molecule has 0 saturated carbocycles. The molecule has 0 bridgehead atoms.